The molecule has 5 rings (SSSR count). The van der Waals surface area contributed by atoms with Gasteiger partial charge < -0.3 is 20.1 Å². The molecule has 0 saturated heterocycles. The van der Waals surface area contributed by atoms with Crippen molar-refractivity contribution >= 4 is 23.2 Å². The summed E-state index contributed by atoms with van der Waals surface area (Å²) < 4.78 is 15.2. The van der Waals surface area contributed by atoms with E-state index in [0.717, 1.165) is 31.4 Å². The van der Waals surface area contributed by atoms with Crippen LogP contribution in [0.4, 0.5) is 10.1 Å². The molecule has 0 spiro atoms. The van der Waals surface area contributed by atoms with Crippen LogP contribution in [-0.2, 0) is 7.05 Å². The zero-order valence-corrected chi connectivity index (χ0v) is 19.1. The highest BCUT2D eigenvalue weighted by Crippen LogP contribution is 2.59. The van der Waals surface area contributed by atoms with Gasteiger partial charge in [-0.3, -0.25) is 4.79 Å². The molecule has 3 fully saturated rings. The van der Waals surface area contributed by atoms with Crippen molar-refractivity contribution in [2.24, 2.45) is 24.8 Å². The Bertz CT molecular complexity index is 1050. The Morgan fingerprint density at radius 2 is 1.88 bits per heavy atom. The lowest BCUT2D eigenvalue weighted by atomic mass is 9.63. The predicted octanol–water partition coefficient (Wildman–Crippen LogP) is 4.26. The standard InChI is InChI=1S/C24H29ClFN3O3/c1-23(31)10-16(11-23)24(32)8-14-5-13(6-15(14)9-24)20-21(29(2)12-27-20)22(30)28-17-3-4-19(26)18(25)7-17/h3-4,7,12-16,31-32H,5-6,8-11H2,1-2H3,(H,28,30). The van der Waals surface area contributed by atoms with Gasteiger partial charge in [-0.1, -0.05) is 11.6 Å². The number of anilines is 1. The highest BCUT2D eigenvalue weighted by Gasteiger charge is 2.57. The number of nitrogens with one attached hydrogen (secondary N) is 1. The average molecular weight is 462 g/mol. The minimum atomic E-state index is -0.672. The van der Waals surface area contributed by atoms with Crippen molar-refractivity contribution in [3.63, 3.8) is 0 Å². The van der Waals surface area contributed by atoms with E-state index in [-0.39, 0.29) is 22.8 Å². The maximum atomic E-state index is 13.4. The molecule has 3 N–H and O–H groups in total. The van der Waals surface area contributed by atoms with Crippen molar-refractivity contribution in [2.75, 3.05) is 5.32 Å². The zero-order chi connectivity index (χ0) is 22.8. The van der Waals surface area contributed by atoms with E-state index in [9.17, 15) is 19.4 Å². The van der Waals surface area contributed by atoms with Crippen LogP contribution in [0, 0.1) is 23.6 Å². The average Bonchev–Trinajstić information content (AvgIpc) is 3.34. The summed E-state index contributed by atoms with van der Waals surface area (Å²) in [5.74, 6) is 0.327. The summed E-state index contributed by atoms with van der Waals surface area (Å²) in [6, 6.07) is 4.10. The number of benzene rings is 1. The molecule has 1 heterocycles. The maximum absolute atomic E-state index is 13.4. The Hall–Kier alpha value is -1.96. The highest BCUT2D eigenvalue weighted by atomic mass is 35.5. The van der Waals surface area contributed by atoms with Gasteiger partial charge in [0.15, 0.2) is 0 Å². The fraction of sp³-hybridized carbons (Fsp3) is 0.583. The molecule has 3 saturated carbocycles. The first-order chi connectivity index (χ1) is 15.0. The number of hydrogen-bond donors (Lipinski definition) is 3. The highest BCUT2D eigenvalue weighted by molar-refractivity contribution is 6.31. The number of fused-ring (bicyclic) bond motifs is 1. The Balaban J connectivity index is 1.29. The lowest BCUT2D eigenvalue weighted by molar-refractivity contribution is -0.144. The van der Waals surface area contributed by atoms with Crippen LogP contribution in [0.5, 0.6) is 0 Å². The Morgan fingerprint density at radius 1 is 1.22 bits per heavy atom. The molecule has 0 aliphatic heterocycles. The van der Waals surface area contributed by atoms with Gasteiger partial charge in [0.25, 0.3) is 5.91 Å². The Morgan fingerprint density at radius 3 is 2.47 bits per heavy atom. The molecule has 172 valence electrons. The van der Waals surface area contributed by atoms with E-state index in [1.165, 1.54) is 18.2 Å². The topological polar surface area (TPSA) is 87.4 Å². The van der Waals surface area contributed by atoms with Crippen molar-refractivity contribution in [3.8, 4) is 0 Å². The number of imidazole rings is 1. The fourth-order valence-corrected chi connectivity index (χ4v) is 6.61. The van der Waals surface area contributed by atoms with Gasteiger partial charge in [0, 0.05) is 18.7 Å². The van der Waals surface area contributed by atoms with Crippen molar-refractivity contribution in [1.82, 2.24) is 9.55 Å². The third kappa shape index (κ3) is 3.74. The summed E-state index contributed by atoms with van der Waals surface area (Å²) in [6.07, 6.45) is 6.32. The number of hydrogen-bond acceptors (Lipinski definition) is 4. The molecule has 0 radical (unpaired) electrons. The van der Waals surface area contributed by atoms with Gasteiger partial charge >= 0.3 is 0 Å². The minimum Gasteiger partial charge on any atom is -0.390 e. The molecule has 1 aromatic heterocycles. The first kappa shape index (κ1) is 21.9. The summed E-state index contributed by atoms with van der Waals surface area (Å²) in [4.78, 5) is 17.6. The summed E-state index contributed by atoms with van der Waals surface area (Å²) >= 11 is 5.84. The van der Waals surface area contributed by atoms with E-state index >= 15 is 0 Å². The van der Waals surface area contributed by atoms with Crippen molar-refractivity contribution in [3.05, 3.63) is 46.8 Å². The SMILES string of the molecule is Cn1cnc(C2CC3CC(O)(C4CC(C)(O)C4)CC3C2)c1C(=O)Nc1ccc(F)c(Cl)c1. The van der Waals surface area contributed by atoms with Crippen molar-refractivity contribution in [1.29, 1.82) is 0 Å². The number of nitrogens with zero attached hydrogens (tertiary/aromatic N) is 2. The molecule has 3 aliphatic carbocycles. The third-order valence-electron chi connectivity index (χ3n) is 7.95. The molecular formula is C24H29ClFN3O3. The molecular weight excluding hydrogens is 433 g/mol. The monoisotopic (exact) mass is 461 g/mol. The summed E-state index contributed by atoms with van der Waals surface area (Å²) in [5.41, 5.74) is 0.405. The second-order valence-corrected chi connectivity index (χ2v) is 10.9. The van der Waals surface area contributed by atoms with Crippen LogP contribution in [0.25, 0.3) is 0 Å². The van der Waals surface area contributed by atoms with E-state index in [1.54, 1.807) is 17.9 Å². The first-order valence-corrected chi connectivity index (χ1v) is 11.6. The molecule has 6 nitrogen and oxygen atoms in total. The number of rotatable bonds is 4. The maximum Gasteiger partial charge on any atom is 0.274 e. The van der Waals surface area contributed by atoms with Crippen LogP contribution in [0.15, 0.2) is 24.5 Å². The van der Waals surface area contributed by atoms with Crippen LogP contribution in [0.2, 0.25) is 5.02 Å². The summed E-state index contributed by atoms with van der Waals surface area (Å²) in [7, 11) is 1.79. The van der Waals surface area contributed by atoms with Crippen molar-refractivity contribution < 1.29 is 19.4 Å². The minimum absolute atomic E-state index is 0.0443. The molecule has 1 amide bonds. The van der Waals surface area contributed by atoms with Crippen LogP contribution in [-0.4, -0.2) is 36.9 Å². The van der Waals surface area contributed by atoms with Gasteiger partial charge in [-0.25, -0.2) is 9.37 Å². The lowest BCUT2D eigenvalue weighted by Gasteiger charge is -2.48. The Labute approximate surface area is 191 Å². The molecule has 2 atom stereocenters. The van der Waals surface area contributed by atoms with E-state index in [0.29, 0.717) is 36.1 Å². The molecule has 3 aliphatic rings. The zero-order valence-electron chi connectivity index (χ0n) is 18.3. The summed E-state index contributed by atoms with van der Waals surface area (Å²) in [6.45, 7) is 1.84. The molecule has 2 unspecified atom stereocenters. The van der Waals surface area contributed by atoms with Gasteiger partial charge in [0.05, 0.1) is 28.2 Å². The van der Waals surface area contributed by atoms with E-state index in [2.05, 4.69) is 10.3 Å². The second kappa shape index (κ2) is 7.54. The molecule has 8 heteroatoms. The van der Waals surface area contributed by atoms with Crippen LogP contribution in [0.3, 0.4) is 0 Å². The van der Waals surface area contributed by atoms with Gasteiger partial charge in [0.2, 0.25) is 0 Å². The number of amides is 1. The number of halogens is 2. The van der Waals surface area contributed by atoms with Crippen LogP contribution in [0.1, 0.15) is 67.5 Å². The summed E-state index contributed by atoms with van der Waals surface area (Å²) in [5, 5.41) is 24.1. The molecule has 0 bridgehead atoms. The number of carbonyl (C=O) groups excluding carboxylic acids is 1. The molecule has 32 heavy (non-hydrogen) atoms. The molecule has 1 aromatic carbocycles. The second-order valence-electron chi connectivity index (χ2n) is 10.5. The fourth-order valence-electron chi connectivity index (χ4n) is 6.43. The van der Waals surface area contributed by atoms with Gasteiger partial charge in [-0.2, -0.15) is 0 Å². The number of aryl methyl sites for hydroxylation is 1. The number of aromatic nitrogens is 2. The third-order valence-corrected chi connectivity index (χ3v) is 8.24. The predicted molar refractivity (Wildman–Crippen MR) is 119 cm³/mol. The van der Waals surface area contributed by atoms with Gasteiger partial charge in [0.1, 0.15) is 11.5 Å². The van der Waals surface area contributed by atoms with E-state index in [1.807, 2.05) is 6.92 Å². The quantitative estimate of drug-likeness (QED) is 0.634. The molecule has 2 aromatic rings. The van der Waals surface area contributed by atoms with Gasteiger partial charge in [-0.05, 0) is 81.4 Å². The van der Waals surface area contributed by atoms with Crippen LogP contribution < -0.4 is 5.32 Å². The lowest BCUT2D eigenvalue weighted by Crippen LogP contribution is -2.52. The van der Waals surface area contributed by atoms with E-state index in [4.69, 9.17) is 11.6 Å². The van der Waals surface area contributed by atoms with Crippen molar-refractivity contribution in [2.45, 2.75) is 62.6 Å². The number of aliphatic hydroxyl groups is 2. The first-order valence-electron chi connectivity index (χ1n) is 11.3. The van der Waals surface area contributed by atoms with Gasteiger partial charge in [-0.15, -0.1) is 0 Å². The largest absolute Gasteiger partial charge is 0.390 e. The van der Waals surface area contributed by atoms with Crippen LogP contribution >= 0.6 is 11.6 Å². The number of carbonyl (C=O) groups is 1. The normalized spacial score (nSPS) is 36.1. The smallest absolute Gasteiger partial charge is 0.274 e. The Kier molecular flexibility index (Phi) is 5.15. The van der Waals surface area contributed by atoms with E-state index < -0.39 is 17.0 Å².